The first-order chi connectivity index (χ1) is 17.7. The highest BCUT2D eigenvalue weighted by molar-refractivity contribution is 7.93. The highest BCUT2D eigenvalue weighted by Gasteiger charge is 2.35. The Hall–Kier alpha value is -3.81. The molecule has 0 saturated heterocycles. The molecule has 0 aromatic heterocycles. The van der Waals surface area contributed by atoms with Crippen LogP contribution in [0.3, 0.4) is 0 Å². The van der Waals surface area contributed by atoms with E-state index < -0.39 is 22.0 Å². The lowest BCUT2D eigenvalue weighted by molar-refractivity contribution is -0.123. The summed E-state index contributed by atoms with van der Waals surface area (Å²) < 4.78 is 39.2. The molecule has 4 aromatic carbocycles. The second-order valence-electron chi connectivity index (χ2n) is 8.39. The van der Waals surface area contributed by atoms with E-state index in [1.54, 1.807) is 24.3 Å². The summed E-state index contributed by atoms with van der Waals surface area (Å²) in [6, 6.07) is 27.7. The second-order valence-corrected chi connectivity index (χ2v) is 10.6. The van der Waals surface area contributed by atoms with Gasteiger partial charge in [-0.25, -0.2) is 8.42 Å². The first-order valence-corrected chi connectivity index (χ1v) is 13.3. The minimum atomic E-state index is -4.28. The van der Waals surface area contributed by atoms with Gasteiger partial charge in [0.2, 0.25) is 0 Å². The van der Waals surface area contributed by atoms with Crippen LogP contribution in [0.15, 0.2) is 102 Å². The number of aryl methyl sites for hydroxylation is 1. The molecule has 0 heterocycles. The summed E-state index contributed by atoms with van der Waals surface area (Å²) in [5.41, 5.74) is 3.00. The third-order valence-electron chi connectivity index (χ3n) is 5.75. The summed E-state index contributed by atoms with van der Waals surface area (Å²) >= 11 is 6.28. The quantitative estimate of drug-likeness (QED) is 0.257. The number of hydrogen-bond donors (Lipinski definition) is 0. The Morgan fingerprint density at radius 2 is 1.49 bits per heavy atom. The summed E-state index contributed by atoms with van der Waals surface area (Å²) in [4.78, 5) is 13.6. The van der Waals surface area contributed by atoms with Gasteiger partial charge in [-0.1, -0.05) is 71.8 Å². The van der Waals surface area contributed by atoms with Crippen LogP contribution in [0.2, 0.25) is 5.02 Å². The number of sulfonamides is 1. The Kier molecular flexibility index (Phi) is 7.86. The van der Waals surface area contributed by atoms with Crippen molar-refractivity contribution >= 4 is 33.2 Å². The number of carbonyl (C=O) groups is 1. The largest absolute Gasteiger partial charge is 0.495 e. The Morgan fingerprint density at radius 1 is 0.865 bits per heavy atom. The Balaban J connectivity index is 1.66. The van der Waals surface area contributed by atoms with Crippen LogP contribution >= 0.6 is 11.6 Å². The SMILES string of the molecule is COc1ccc(N(C(=O)C(C)Oc2ccc(-c3ccccc3)cc2)S(=O)(=O)c2ccc(C)cc2)cc1Cl. The summed E-state index contributed by atoms with van der Waals surface area (Å²) in [6.45, 7) is 3.36. The lowest BCUT2D eigenvalue weighted by atomic mass is 10.1. The molecule has 1 unspecified atom stereocenters. The molecule has 8 heteroatoms. The maximum Gasteiger partial charge on any atom is 0.281 e. The van der Waals surface area contributed by atoms with Crippen molar-refractivity contribution in [3.63, 3.8) is 0 Å². The molecule has 1 atom stereocenters. The molecular formula is C29H26ClNO5S. The predicted octanol–water partition coefficient (Wildman–Crippen LogP) is 6.51. The molecule has 0 N–H and O–H groups in total. The van der Waals surface area contributed by atoms with Crippen molar-refractivity contribution in [1.29, 1.82) is 0 Å². The first kappa shape index (κ1) is 26.3. The van der Waals surface area contributed by atoms with Gasteiger partial charge < -0.3 is 9.47 Å². The maximum absolute atomic E-state index is 13.7. The number of benzene rings is 4. The van der Waals surface area contributed by atoms with E-state index in [4.69, 9.17) is 21.1 Å². The van der Waals surface area contributed by atoms with Crippen molar-refractivity contribution in [2.45, 2.75) is 24.8 Å². The number of amides is 1. The zero-order chi connectivity index (χ0) is 26.6. The minimum absolute atomic E-state index is 0.0298. The summed E-state index contributed by atoms with van der Waals surface area (Å²) in [5.74, 6) is 0.0169. The molecule has 0 aliphatic heterocycles. The lowest BCUT2D eigenvalue weighted by Crippen LogP contribution is -2.44. The van der Waals surface area contributed by atoms with E-state index in [0.717, 1.165) is 21.0 Å². The Morgan fingerprint density at radius 3 is 2.08 bits per heavy atom. The van der Waals surface area contributed by atoms with Gasteiger partial charge in [-0.2, -0.15) is 4.31 Å². The molecule has 4 rings (SSSR count). The van der Waals surface area contributed by atoms with Crippen molar-refractivity contribution < 1.29 is 22.7 Å². The number of nitrogens with zero attached hydrogens (tertiary/aromatic N) is 1. The molecular weight excluding hydrogens is 510 g/mol. The molecule has 4 aromatic rings. The monoisotopic (exact) mass is 535 g/mol. The van der Waals surface area contributed by atoms with E-state index in [9.17, 15) is 13.2 Å². The first-order valence-electron chi connectivity index (χ1n) is 11.5. The third-order valence-corrected chi connectivity index (χ3v) is 7.79. The Labute approximate surface area is 222 Å². The van der Waals surface area contributed by atoms with Crippen LogP contribution in [-0.2, 0) is 14.8 Å². The molecule has 0 spiro atoms. The van der Waals surface area contributed by atoms with Crippen LogP contribution in [0.25, 0.3) is 11.1 Å². The second kappa shape index (κ2) is 11.1. The van der Waals surface area contributed by atoms with Crippen molar-refractivity contribution in [3.05, 3.63) is 108 Å². The predicted molar refractivity (Wildman–Crippen MR) is 146 cm³/mol. The molecule has 0 aliphatic carbocycles. The van der Waals surface area contributed by atoms with Gasteiger partial charge in [-0.15, -0.1) is 0 Å². The number of anilines is 1. The van der Waals surface area contributed by atoms with Crippen LogP contribution in [0.1, 0.15) is 12.5 Å². The molecule has 0 fully saturated rings. The molecule has 0 bridgehead atoms. The smallest absolute Gasteiger partial charge is 0.281 e. The van der Waals surface area contributed by atoms with E-state index in [2.05, 4.69) is 0 Å². The molecule has 6 nitrogen and oxygen atoms in total. The Bertz CT molecular complexity index is 1490. The van der Waals surface area contributed by atoms with Crippen LogP contribution in [0.5, 0.6) is 11.5 Å². The van der Waals surface area contributed by atoms with Crippen molar-refractivity contribution in [1.82, 2.24) is 0 Å². The number of methoxy groups -OCH3 is 1. The fourth-order valence-electron chi connectivity index (χ4n) is 3.76. The highest BCUT2D eigenvalue weighted by atomic mass is 35.5. The van der Waals surface area contributed by atoms with E-state index in [1.807, 2.05) is 49.4 Å². The molecule has 0 saturated carbocycles. The molecule has 1 amide bonds. The van der Waals surface area contributed by atoms with Crippen LogP contribution in [-0.4, -0.2) is 27.5 Å². The van der Waals surface area contributed by atoms with Crippen LogP contribution in [0, 0.1) is 6.92 Å². The van der Waals surface area contributed by atoms with Crippen molar-refractivity contribution in [3.8, 4) is 22.6 Å². The van der Waals surface area contributed by atoms with E-state index in [-0.39, 0.29) is 15.6 Å². The van der Waals surface area contributed by atoms with Gasteiger partial charge in [0, 0.05) is 0 Å². The number of hydrogen-bond acceptors (Lipinski definition) is 5. The molecule has 37 heavy (non-hydrogen) atoms. The minimum Gasteiger partial charge on any atom is -0.495 e. The molecule has 0 radical (unpaired) electrons. The number of ether oxygens (including phenoxy) is 2. The van der Waals surface area contributed by atoms with E-state index in [1.165, 1.54) is 44.4 Å². The van der Waals surface area contributed by atoms with Gasteiger partial charge in [-0.3, -0.25) is 4.79 Å². The molecule has 0 aliphatic rings. The van der Waals surface area contributed by atoms with Crippen molar-refractivity contribution in [2.24, 2.45) is 0 Å². The third kappa shape index (κ3) is 5.79. The standard InChI is InChI=1S/C29H26ClNO5S/c1-20-9-16-26(17-10-20)37(33,34)31(24-13-18-28(35-3)27(30)19-24)29(32)21(2)36-25-14-11-23(12-15-25)22-7-5-4-6-8-22/h4-19,21H,1-3H3. The zero-order valence-corrected chi connectivity index (χ0v) is 22.2. The van der Waals surface area contributed by atoms with Gasteiger partial charge >= 0.3 is 0 Å². The number of halogens is 1. The van der Waals surface area contributed by atoms with Crippen molar-refractivity contribution in [2.75, 3.05) is 11.4 Å². The van der Waals surface area contributed by atoms with Gasteiger partial charge in [0.25, 0.3) is 15.9 Å². The van der Waals surface area contributed by atoms with E-state index >= 15 is 0 Å². The fraction of sp³-hybridized carbons (Fsp3) is 0.138. The number of carbonyl (C=O) groups excluding carboxylic acids is 1. The lowest BCUT2D eigenvalue weighted by Gasteiger charge is -2.26. The molecule has 190 valence electrons. The van der Waals surface area contributed by atoms with Crippen LogP contribution in [0.4, 0.5) is 5.69 Å². The zero-order valence-electron chi connectivity index (χ0n) is 20.6. The average Bonchev–Trinajstić information content (AvgIpc) is 2.90. The summed E-state index contributed by atoms with van der Waals surface area (Å²) in [5, 5.41) is 0.168. The summed E-state index contributed by atoms with van der Waals surface area (Å²) in [6.07, 6.45) is -1.12. The summed E-state index contributed by atoms with van der Waals surface area (Å²) in [7, 11) is -2.83. The average molecular weight is 536 g/mol. The van der Waals surface area contributed by atoms with Crippen LogP contribution < -0.4 is 13.8 Å². The van der Waals surface area contributed by atoms with E-state index in [0.29, 0.717) is 11.5 Å². The maximum atomic E-state index is 13.7. The fourth-order valence-corrected chi connectivity index (χ4v) is 5.48. The van der Waals surface area contributed by atoms with Gasteiger partial charge in [0.15, 0.2) is 6.10 Å². The van der Waals surface area contributed by atoms with Gasteiger partial charge in [0.05, 0.1) is 22.7 Å². The number of rotatable bonds is 8. The topological polar surface area (TPSA) is 72.9 Å². The van der Waals surface area contributed by atoms with Gasteiger partial charge in [0.1, 0.15) is 11.5 Å². The van der Waals surface area contributed by atoms with Gasteiger partial charge in [-0.05, 0) is 67.4 Å². The normalized spacial score (nSPS) is 12.0. The highest BCUT2D eigenvalue weighted by Crippen LogP contribution is 2.33.